The average Bonchev–Trinajstić information content (AvgIpc) is 3.36. The molecule has 2 saturated heterocycles. The zero-order valence-electron chi connectivity index (χ0n) is 16.4. The van der Waals surface area contributed by atoms with Crippen molar-refractivity contribution < 1.29 is 14.3 Å². The molecule has 2 saturated carbocycles. The smallest absolute Gasteiger partial charge is 0.310 e. The molecule has 4 heteroatoms. The van der Waals surface area contributed by atoms with E-state index in [1.165, 1.54) is 24.8 Å². The minimum atomic E-state index is -0.0246. The Bertz CT molecular complexity index is 716. The molecule has 0 unspecified atom stereocenters. The molecule has 0 bridgehead atoms. The van der Waals surface area contributed by atoms with E-state index >= 15 is 0 Å². The molecule has 4 aliphatic rings. The number of esters is 1. The Morgan fingerprint density at radius 2 is 2.04 bits per heavy atom. The highest BCUT2D eigenvalue weighted by molar-refractivity contribution is 5.75. The van der Waals surface area contributed by atoms with E-state index in [-0.39, 0.29) is 35.0 Å². The summed E-state index contributed by atoms with van der Waals surface area (Å²) in [6, 6.07) is 10.7. The molecule has 146 valence electrons. The maximum atomic E-state index is 12.7. The molecule has 1 aromatic carbocycles. The molecule has 1 aromatic rings. The molecular weight excluding hydrogens is 338 g/mol. The van der Waals surface area contributed by atoms with Crippen LogP contribution in [0.5, 0.6) is 0 Å². The third-order valence-electron chi connectivity index (χ3n) is 8.02. The fraction of sp³-hybridized carbons (Fsp3) is 0.696. The molecule has 4 nitrogen and oxygen atoms in total. The summed E-state index contributed by atoms with van der Waals surface area (Å²) in [6.45, 7) is 6.20. The third-order valence-corrected chi connectivity index (χ3v) is 8.02. The molecule has 0 aromatic heterocycles. The Hall–Kier alpha value is -1.39. The summed E-state index contributed by atoms with van der Waals surface area (Å²) in [6.07, 6.45) is 5.90. The molecule has 2 aliphatic heterocycles. The second kappa shape index (κ2) is 6.31. The highest BCUT2D eigenvalue weighted by Crippen LogP contribution is 2.62. The number of carbonyl (C=O) groups is 1. The van der Waals surface area contributed by atoms with Gasteiger partial charge in [-0.25, -0.2) is 0 Å². The van der Waals surface area contributed by atoms with Crippen LogP contribution in [-0.2, 0) is 14.3 Å². The van der Waals surface area contributed by atoms with E-state index in [2.05, 4.69) is 43.4 Å². The van der Waals surface area contributed by atoms with E-state index in [4.69, 9.17) is 9.47 Å². The van der Waals surface area contributed by atoms with Crippen LogP contribution in [-0.4, -0.2) is 30.8 Å². The van der Waals surface area contributed by atoms with Crippen LogP contribution in [0.2, 0.25) is 0 Å². The van der Waals surface area contributed by atoms with Crippen molar-refractivity contribution in [1.82, 2.24) is 5.32 Å². The van der Waals surface area contributed by atoms with Crippen LogP contribution >= 0.6 is 0 Å². The monoisotopic (exact) mass is 369 g/mol. The minimum absolute atomic E-state index is 0.00535. The third kappa shape index (κ3) is 2.92. The first-order valence-electron chi connectivity index (χ1n) is 10.6. The lowest BCUT2D eigenvalue weighted by Crippen LogP contribution is -2.51. The van der Waals surface area contributed by atoms with Gasteiger partial charge in [-0.15, -0.1) is 0 Å². The molecule has 7 atom stereocenters. The molecule has 4 fully saturated rings. The second-order valence-electron chi connectivity index (χ2n) is 9.64. The topological polar surface area (TPSA) is 50.9 Å². The highest BCUT2D eigenvalue weighted by atomic mass is 16.6. The number of rotatable bonds is 4. The lowest BCUT2D eigenvalue weighted by Gasteiger charge is -2.51. The van der Waals surface area contributed by atoms with E-state index in [0.29, 0.717) is 18.4 Å². The Kier molecular flexibility index (Phi) is 4.14. The molecule has 1 spiro atoms. The van der Waals surface area contributed by atoms with Crippen molar-refractivity contribution in [3.05, 3.63) is 35.9 Å². The van der Waals surface area contributed by atoms with Gasteiger partial charge in [0.2, 0.25) is 0 Å². The van der Waals surface area contributed by atoms with Crippen LogP contribution in [0.15, 0.2) is 30.3 Å². The fourth-order valence-corrected chi connectivity index (χ4v) is 6.35. The summed E-state index contributed by atoms with van der Waals surface area (Å²) in [5.41, 5.74) is 1.66. The fourth-order valence-electron chi connectivity index (χ4n) is 6.35. The molecule has 2 aliphatic carbocycles. The number of epoxide rings is 1. The number of hydrogen-bond donors (Lipinski definition) is 1. The Morgan fingerprint density at radius 3 is 2.78 bits per heavy atom. The van der Waals surface area contributed by atoms with Crippen LogP contribution in [0.4, 0.5) is 0 Å². The van der Waals surface area contributed by atoms with E-state index in [1.807, 2.05) is 6.07 Å². The van der Waals surface area contributed by atoms with E-state index in [1.54, 1.807) is 0 Å². The maximum Gasteiger partial charge on any atom is 0.310 e. The van der Waals surface area contributed by atoms with Crippen molar-refractivity contribution in [3.63, 3.8) is 0 Å². The first-order valence-corrected chi connectivity index (χ1v) is 10.6. The average molecular weight is 370 g/mol. The minimum Gasteiger partial charge on any atom is -0.462 e. The van der Waals surface area contributed by atoms with Crippen LogP contribution < -0.4 is 5.32 Å². The normalized spacial score (nSPS) is 43.7. The van der Waals surface area contributed by atoms with Crippen molar-refractivity contribution in [3.8, 4) is 0 Å². The molecule has 27 heavy (non-hydrogen) atoms. The lowest BCUT2D eigenvalue weighted by atomic mass is 9.53. The maximum absolute atomic E-state index is 12.7. The van der Waals surface area contributed by atoms with Crippen molar-refractivity contribution in [2.75, 3.05) is 13.2 Å². The van der Waals surface area contributed by atoms with Gasteiger partial charge in [0.05, 0.1) is 18.1 Å². The summed E-state index contributed by atoms with van der Waals surface area (Å²) in [5, 5.41) is 3.59. The largest absolute Gasteiger partial charge is 0.462 e. The van der Waals surface area contributed by atoms with Gasteiger partial charge in [-0.05, 0) is 55.9 Å². The van der Waals surface area contributed by atoms with Crippen molar-refractivity contribution in [2.45, 2.75) is 63.7 Å². The number of hydrogen-bond acceptors (Lipinski definition) is 4. The van der Waals surface area contributed by atoms with Gasteiger partial charge in [0.15, 0.2) is 0 Å². The van der Waals surface area contributed by atoms with Crippen molar-refractivity contribution in [1.29, 1.82) is 0 Å². The molecule has 2 heterocycles. The Labute approximate surface area is 162 Å². The van der Waals surface area contributed by atoms with E-state index in [0.717, 1.165) is 19.4 Å². The summed E-state index contributed by atoms with van der Waals surface area (Å²) >= 11 is 0. The molecule has 0 amide bonds. The quantitative estimate of drug-likeness (QED) is 0.647. The molecular formula is C23H31NO3. The van der Waals surface area contributed by atoms with E-state index < -0.39 is 0 Å². The van der Waals surface area contributed by atoms with Crippen LogP contribution in [0, 0.1) is 23.2 Å². The standard InChI is InChI=1S/C23H31NO3/c1-15(16-7-4-3-5-8-16)24-13-18-17-11-20-22(2,12-19(17)27-21(18)25)9-6-10-23(20)14-26-23/h3-5,7-8,15,17-20,24H,6,9-14H2,1-2H3/t15-,17+,18-,19+,20-,22+,23-/m0/s1. The van der Waals surface area contributed by atoms with Crippen molar-refractivity contribution in [2.24, 2.45) is 23.2 Å². The van der Waals surface area contributed by atoms with E-state index in [9.17, 15) is 4.79 Å². The summed E-state index contributed by atoms with van der Waals surface area (Å²) in [4.78, 5) is 12.7. The summed E-state index contributed by atoms with van der Waals surface area (Å²) in [7, 11) is 0. The van der Waals surface area contributed by atoms with Gasteiger partial charge >= 0.3 is 5.97 Å². The van der Waals surface area contributed by atoms with Crippen LogP contribution in [0.1, 0.15) is 57.6 Å². The lowest BCUT2D eigenvalue weighted by molar-refractivity contribution is -0.147. The van der Waals surface area contributed by atoms with Gasteiger partial charge in [-0.3, -0.25) is 4.79 Å². The predicted octanol–water partition coefficient (Wildman–Crippen LogP) is 3.86. The number of ether oxygens (including phenoxy) is 2. The zero-order chi connectivity index (χ0) is 18.6. The Balaban J connectivity index is 1.30. The molecule has 5 rings (SSSR count). The van der Waals surface area contributed by atoms with Gasteiger partial charge in [0.25, 0.3) is 0 Å². The first kappa shape index (κ1) is 17.7. The van der Waals surface area contributed by atoms with Gasteiger partial charge in [-0.2, -0.15) is 0 Å². The van der Waals surface area contributed by atoms with Crippen LogP contribution in [0.25, 0.3) is 0 Å². The highest BCUT2D eigenvalue weighted by Gasteiger charge is 2.64. The first-order chi connectivity index (χ1) is 13.0. The number of fused-ring (bicyclic) bond motifs is 3. The van der Waals surface area contributed by atoms with Gasteiger partial charge in [-0.1, -0.05) is 37.3 Å². The molecule has 0 radical (unpaired) electrons. The summed E-state index contributed by atoms with van der Waals surface area (Å²) < 4.78 is 11.9. The second-order valence-corrected chi connectivity index (χ2v) is 9.64. The zero-order valence-corrected chi connectivity index (χ0v) is 16.4. The van der Waals surface area contributed by atoms with Crippen LogP contribution in [0.3, 0.4) is 0 Å². The molecule has 1 N–H and O–H groups in total. The number of carbonyl (C=O) groups excluding carboxylic acids is 1. The number of benzene rings is 1. The van der Waals surface area contributed by atoms with Gasteiger partial charge in [0.1, 0.15) is 6.10 Å². The summed E-state index contributed by atoms with van der Waals surface area (Å²) in [5.74, 6) is 0.906. The predicted molar refractivity (Wildman–Crippen MR) is 103 cm³/mol. The Morgan fingerprint density at radius 1 is 1.26 bits per heavy atom. The number of nitrogens with one attached hydrogen (secondary N) is 1. The van der Waals surface area contributed by atoms with Crippen molar-refractivity contribution >= 4 is 5.97 Å². The van der Waals surface area contributed by atoms with Gasteiger partial charge < -0.3 is 14.8 Å². The SMILES string of the molecule is C[C@H](NC[C@@H]1C(=O)O[C@@H]2C[C@@]3(C)CCC[C@]4(CO4)[C@H]3C[C@H]12)c1ccccc1. The van der Waals surface area contributed by atoms with Gasteiger partial charge in [0, 0.05) is 18.5 Å².